The van der Waals surface area contributed by atoms with Crippen molar-refractivity contribution in [2.45, 2.75) is 65.2 Å². The summed E-state index contributed by atoms with van der Waals surface area (Å²) in [4.78, 5) is 11.5. The van der Waals surface area contributed by atoms with Gasteiger partial charge in [-0.05, 0) is 44.9 Å². The highest BCUT2D eigenvalue weighted by atomic mass is 16.6. The first kappa shape index (κ1) is 15.4. The van der Waals surface area contributed by atoms with Crippen molar-refractivity contribution >= 4 is 5.97 Å². The standard InChI is InChI=1S/C14H27NO3/c1-9(2)7-13(17-8-12-5-6-12)11(4)18-14(16)10(3)15/h9-13H,5-8,15H2,1-4H3/t10-,11-,13+/m0/s1. The molecular formula is C14H27NO3. The molecule has 1 aliphatic rings. The Labute approximate surface area is 110 Å². The maximum atomic E-state index is 11.5. The van der Waals surface area contributed by atoms with E-state index in [1.807, 2.05) is 6.92 Å². The summed E-state index contributed by atoms with van der Waals surface area (Å²) in [5, 5.41) is 0. The molecule has 0 bridgehead atoms. The Hall–Kier alpha value is -0.610. The van der Waals surface area contributed by atoms with Gasteiger partial charge in [0.2, 0.25) is 0 Å². The molecule has 0 aromatic carbocycles. The lowest BCUT2D eigenvalue weighted by Gasteiger charge is -2.26. The van der Waals surface area contributed by atoms with Gasteiger partial charge in [0, 0.05) is 6.61 Å². The molecule has 1 rings (SSSR count). The highest BCUT2D eigenvalue weighted by Crippen LogP contribution is 2.30. The van der Waals surface area contributed by atoms with E-state index in [0.29, 0.717) is 5.92 Å². The Morgan fingerprint density at radius 1 is 1.28 bits per heavy atom. The summed E-state index contributed by atoms with van der Waals surface area (Å²) in [6, 6.07) is -0.574. The average Bonchev–Trinajstić information content (AvgIpc) is 3.06. The van der Waals surface area contributed by atoms with Crippen LogP contribution in [0.5, 0.6) is 0 Å². The second-order valence-corrected chi connectivity index (χ2v) is 5.88. The van der Waals surface area contributed by atoms with Crippen LogP contribution in [0, 0.1) is 11.8 Å². The predicted octanol–water partition coefficient (Wildman–Crippen LogP) is 2.11. The minimum absolute atomic E-state index is 0.0201. The van der Waals surface area contributed by atoms with Crippen LogP contribution in [0.25, 0.3) is 0 Å². The SMILES string of the molecule is CC(C)C[C@@H](OCC1CC1)[C@H](C)OC(=O)[C@H](C)N. The second kappa shape index (κ2) is 7.10. The van der Waals surface area contributed by atoms with Crippen molar-refractivity contribution < 1.29 is 14.3 Å². The van der Waals surface area contributed by atoms with E-state index < -0.39 is 6.04 Å². The van der Waals surface area contributed by atoms with Crippen LogP contribution < -0.4 is 5.73 Å². The van der Waals surface area contributed by atoms with Crippen molar-refractivity contribution in [3.05, 3.63) is 0 Å². The molecule has 4 heteroatoms. The fourth-order valence-corrected chi connectivity index (χ4v) is 1.77. The third-order valence-corrected chi connectivity index (χ3v) is 3.14. The Kier molecular flexibility index (Phi) is 6.09. The molecule has 1 fully saturated rings. The van der Waals surface area contributed by atoms with Crippen LogP contribution in [-0.2, 0) is 14.3 Å². The van der Waals surface area contributed by atoms with E-state index in [-0.39, 0.29) is 18.2 Å². The van der Waals surface area contributed by atoms with E-state index in [0.717, 1.165) is 18.9 Å². The fraction of sp³-hybridized carbons (Fsp3) is 0.929. The molecule has 0 heterocycles. The lowest BCUT2D eigenvalue weighted by atomic mass is 10.0. The van der Waals surface area contributed by atoms with Crippen LogP contribution in [0.3, 0.4) is 0 Å². The Balaban J connectivity index is 2.42. The van der Waals surface area contributed by atoms with Crippen molar-refractivity contribution in [1.29, 1.82) is 0 Å². The van der Waals surface area contributed by atoms with Gasteiger partial charge in [-0.25, -0.2) is 0 Å². The van der Waals surface area contributed by atoms with Crippen molar-refractivity contribution in [2.75, 3.05) is 6.61 Å². The summed E-state index contributed by atoms with van der Waals surface area (Å²) < 4.78 is 11.2. The van der Waals surface area contributed by atoms with Crippen LogP contribution in [0.4, 0.5) is 0 Å². The van der Waals surface area contributed by atoms with E-state index in [1.54, 1.807) is 6.92 Å². The van der Waals surface area contributed by atoms with Crippen LogP contribution in [0.2, 0.25) is 0 Å². The number of ether oxygens (including phenoxy) is 2. The molecule has 1 saturated carbocycles. The topological polar surface area (TPSA) is 61.5 Å². The molecule has 18 heavy (non-hydrogen) atoms. The fourth-order valence-electron chi connectivity index (χ4n) is 1.77. The summed E-state index contributed by atoms with van der Waals surface area (Å²) in [7, 11) is 0. The first-order valence-corrected chi connectivity index (χ1v) is 6.97. The number of carbonyl (C=O) groups excluding carboxylic acids is 1. The zero-order valence-corrected chi connectivity index (χ0v) is 12.0. The molecule has 2 N–H and O–H groups in total. The molecule has 1 aliphatic carbocycles. The van der Waals surface area contributed by atoms with Gasteiger partial charge in [0.15, 0.2) is 0 Å². The van der Waals surface area contributed by atoms with E-state index in [1.165, 1.54) is 12.8 Å². The van der Waals surface area contributed by atoms with Crippen LogP contribution >= 0.6 is 0 Å². The Morgan fingerprint density at radius 2 is 1.89 bits per heavy atom. The number of hydrogen-bond donors (Lipinski definition) is 1. The van der Waals surface area contributed by atoms with Gasteiger partial charge >= 0.3 is 5.97 Å². The maximum Gasteiger partial charge on any atom is 0.322 e. The molecule has 0 aromatic heterocycles. The van der Waals surface area contributed by atoms with Gasteiger partial charge in [-0.3, -0.25) is 4.79 Å². The molecule has 3 atom stereocenters. The largest absolute Gasteiger partial charge is 0.459 e. The molecule has 0 aromatic rings. The van der Waals surface area contributed by atoms with Gasteiger partial charge in [-0.2, -0.15) is 0 Å². The lowest BCUT2D eigenvalue weighted by Crippen LogP contribution is -2.38. The van der Waals surface area contributed by atoms with Crippen molar-refractivity contribution in [3.8, 4) is 0 Å². The summed E-state index contributed by atoms with van der Waals surface area (Å²) in [6.07, 6.45) is 3.18. The number of carbonyl (C=O) groups is 1. The minimum Gasteiger partial charge on any atom is -0.459 e. The van der Waals surface area contributed by atoms with E-state index in [9.17, 15) is 4.79 Å². The molecule has 0 unspecified atom stereocenters. The molecule has 0 radical (unpaired) electrons. The van der Waals surface area contributed by atoms with Crippen LogP contribution in [0.1, 0.15) is 47.0 Å². The highest BCUT2D eigenvalue weighted by Gasteiger charge is 2.28. The monoisotopic (exact) mass is 257 g/mol. The number of hydrogen-bond acceptors (Lipinski definition) is 4. The minimum atomic E-state index is -0.574. The first-order chi connectivity index (χ1) is 8.40. The number of rotatable bonds is 8. The Morgan fingerprint density at radius 3 is 2.33 bits per heavy atom. The summed E-state index contributed by atoms with van der Waals surface area (Å²) in [5.41, 5.74) is 5.50. The van der Waals surface area contributed by atoms with Crippen molar-refractivity contribution in [2.24, 2.45) is 17.6 Å². The molecule has 0 aliphatic heterocycles. The maximum absolute atomic E-state index is 11.5. The van der Waals surface area contributed by atoms with Crippen molar-refractivity contribution in [3.63, 3.8) is 0 Å². The lowest BCUT2D eigenvalue weighted by molar-refractivity contribution is -0.158. The van der Waals surface area contributed by atoms with Gasteiger partial charge in [0.05, 0.1) is 6.10 Å². The van der Waals surface area contributed by atoms with Gasteiger partial charge in [0.1, 0.15) is 12.1 Å². The van der Waals surface area contributed by atoms with Crippen LogP contribution in [0.15, 0.2) is 0 Å². The normalized spacial score (nSPS) is 20.6. The third kappa shape index (κ3) is 5.83. The number of nitrogens with two attached hydrogens (primary N) is 1. The van der Waals surface area contributed by atoms with E-state index in [4.69, 9.17) is 15.2 Å². The smallest absolute Gasteiger partial charge is 0.322 e. The molecule has 106 valence electrons. The Bertz CT molecular complexity index is 262. The quantitative estimate of drug-likeness (QED) is 0.676. The van der Waals surface area contributed by atoms with Gasteiger partial charge < -0.3 is 15.2 Å². The number of esters is 1. The molecule has 0 spiro atoms. The molecule has 4 nitrogen and oxygen atoms in total. The van der Waals surface area contributed by atoms with Gasteiger partial charge in [0.25, 0.3) is 0 Å². The summed E-state index contributed by atoms with van der Waals surface area (Å²) in [6.45, 7) is 8.61. The zero-order chi connectivity index (χ0) is 13.7. The van der Waals surface area contributed by atoms with E-state index >= 15 is 0 Å². The van der Waals surface area contributed by atoms with Gasteiger partial charge in [-0.1, -0.05) is 13.8 Å². The van der Waals surface area contributed by atoms with Gasteiger partial charge in [-0.15, -0.1) is 0 Å². The van der Waals surface area contributed by atoms with Crippen LogP contribution in [-0.4, -0.2) is 30.8 Å². The average molecular weight is 257 g/mol. The third-order valence-electron chi connectivity index (χ3n) is 3.14. The molecule has 0 amide bonds. The summed E-state index contributed by atoms with van der Waals surface area (Å²) >= 11 is 0. The summed E-state index contributed by atoms with van der Waals surface area (Å²) in [5.74, 6) is 0.882. The first-order valence-electron chi connectivity index (χ1n) is 6.97. The second-order valence-electron chi connectivity index (χ2n) is 5.88. The molecular weight excluding hydrogens is 230 g/mol. The van der Waals surface area contributed by atoms with Crippen molar-refractivity contribution in [1.82, 2.24) is 0 Å². The zero-order valence-electron chi connectivity index (χ0n) is 12.0. The predicted molar refractivity (Wildman–Crippen MR) is 71.1 cm³/mol. The molecule has 0 saturated heterocycles. The highest BCUT2D eigenvalue weighted by molar-refractivity contribution is 5.75. The van der Waals surface area contributed by atoms with E-state index in [2.05, 4.69) is 13.8 Å².